The minimum Gasteiger partial charge on any atom is -0.316 e. The summed E-state index contributed by atoms with van der Waals surface area (Å²) >= 11 is 3.28. The number of carbonyl (C=O) groups excluding carboxylic acids is 1. The highest BCUT2D eigenvalue weighted by molar-refractivity contribution is 9.10. The second-order valence-electron chi connectivity index (χ2n) is 3.74. The molecule has 1 aromatic heterocycles. The number of nitrogens with zero attached hydrogens (tertiary/aromatic N) is 1. The summed E-state index contributed by atoms with van der Waals surface area (Å²) in [5, 5.41) is 2.67. The maximum absolute atomic E-state index is 11.9. The van der Waals surface area contributed by atoms with E-state index in [1.165, 1.54) is 0 Å². The van der Waals surface area contributed by atoms with Crippen molar-refractivity contribution in [3.8, 4) is 0 Å². The van der Waals surface area contributed by atoms with E-state index < -0.39 is 6.04 Å². The molecular formula is C13H12BrN3O. The molecule has 2 rings (SSSR count). The zero-order valence-corrected chi connectivity index (χ0v) is 11.1. The van der Waals surface area contributed by atoms with Gasteiger partial charge in [-0.2, -0.15) is 0 Å². The Labute approximate surface area is 113 Å². The van der Waals surface area contributed by atoms with Gasteiger partial charge in [-0.05, 0) is 33.6 Å². The molecule has 0 saturated carbocycles. The average Bonchev–Trinajstić information content (AvgIpc) is 2.41. The van der Waals surface area contributed by atoms with Crippen molar-refractivity contribution >= 4 is 27.7 Å². The standard InChI is InChI=1S/C13H12BrN3O/c14-10-6-7-11(16-8-10)17-13(18)12(15)9-4-2-1-3-5-9/h1-8,12H,15H2,(H,16,17,18)/t12-/m1/s1. The monoisotopic (exact) mass is 305 g/mol. The number of rotatable bonds is 3. The molecule has 1 aromatic carbocycles. The van der Waals surface area contributed by atoms with Gasteiger partial charge in [-0.15, -0.1) is 0 Å². The Bertz CT molecular complexity index is 528. The van der Waals surface area contributed by atoms with Crippen LogP contribution in [0.1, 0.15) is 11.6 Å². The number of anilines is 1. The Morgan fingerprint density at radius 1 is 1.22 bits per heavy atom. The van der Waals surface area contributed by atoms with E-state index in [1.54, 1.807) is 18.3 Å². The van der Waals surface area contributed by atoms with Crippen molar-refractivity contribution in [3.05, 3.63) is 58.7 Å². The minimum atomic E-state index is -0.698. The predicted molar refractivity (Wildman–Crippen MR) is 73.9 cm³/mol. The maximum atomic E-state index is 11.9. The first kappa shape index (κ1) is 12.7. The Hall–Kier alpha value is -1.72. The van der Waals surface area contributed by atoms with Crippen LogP contribution in [0.5, 0.6) is 0 Å². The lowest BCUT2D eigenvalue weighted by atomic mass is 10.1. The smallest absolute Gasteiger partial charge is 0.247 e. The summed E-state index contributed by atoms with van der Waals surface area (Å²) in [6, 6.07) is 12.0. The van der Waals surface area contributed by atoms with Gasteiger partial charge >= 0.3 is 0 Å². The van der Waals surface area contributed by atoms with E-state index in [-0.39, 0.29) is 5.91 Å². The molecule has 5 heteroatoms. The van der Waals surface area contributed by atoms with Gasteiger partial charge in [0.2, 0.25) is 5.91 Å². The number of halogens is 1. The molecular weight excluding hydrogens is 294 g/mol. The van der Waals surface area contributed by atoms with Crippen molar-refractivity contribution < 1.29 is 4.79 Å². The fourth-order valence-corrected chi connectivity index (χ4v) is 1.70. The number of aromatic nitrogens is 1. The third-order valence-electron chi connectivity index (χ3n) is 2.42. The molecule has 0 radical (unpaired) electrons. The number of carbonyl (C=O) groups is 1. The van der Waals surface area contributed by atoms with Crippen LogP contribution in [-0.4, -0.2) is 10.9 Å². The van der Waals surface area contributed by atoms with Crippen molar-refractivity contribution in [3.63, 3.8) is 0 Å². The van der Waals surface area contributed by atoms with Crippen molar-refractivity contribution in [1.29, 1.82) is 0 Å². The Morgan fingerprint density at radius 2 is 1.94 bits per heavy atom. The quantitative estimate of drug-likeness (QED) is 0.915. The molecule has 0 aliphatic rings. The number of hydrogen-bond donors (Lipinski definition) is 2. The van der Waals surface area contributed by atoms with Gasteiger partial charge in [0.05, 0.1) is 0 Å². The topological polar surface area (TPSA) is 68.0 Å². The highest BCUT2D eigenvalue weighted by Gasteiger charge is 2.15. The molecule has 3 N–H and O–H groups in total. The SMILES string of the molecule is N[C@@H](C(=O)Nc1ccc(Br)cn1)c1ccccc1. The van der Waals surface area contributed by atoms with Gasteiger partial charge in [-0.3, -0.25) is 4.79 Å². The summed E-state index contributed by atoms with van der Waals surface area (Å²) < 4.78 is 0.854. The molecule has 0 aliphatic heterocycles. The molecule has 0 fully saturated rings. The van der Waals surface area contributed by atoms with Crippen molar-refractivity contribution in [2.24, 2.45) is 5.73 Å². The van der Waals surface area contributed by atoms with E-state index in [4.69, 9.17) is 5.73 Å². The minimum absolute atomic E-state index is 0.281. The molecule has 0 spiro atoms. The van der Waals surface area contributed by atoms with Crippen LogP contribution in [0.2, 0.25) is 0 Å². The molecule has 0 unspecified atom stereocenters. The van der Waals surface area contributed by atoms with E-state index in [9.17, 15) is 4.79 Å². The molecule has 92 valence electrons. The van der Waals surface area contributed by atoms with Crippen LogP contribution >= 0.6 is 15.9 Å². The zero-order chi connectivity index (χ0) is 13.0. The molecule has 2 aromatic rings. The van der Waals surface area contributed by atoms with Gasteiger partial charge in [-0.25, -0.2) is 4.98 Å². The number of pyridine rings is 1. The first-order valence-electron chi connectivity index (χ1n) is 5.40. The van der Waals surface area contributed by atoms with Crippen LogP contribution in [0.25, 0.3) is 0 Å². The fourth-order valence-electron chi connectivity index (χ4n) is 1.47. The molecule has 18 heavy (non-hydrogen) atoms. The van der Waals surface area contributed by atoms with E-state index in [1.807, 2.05) is 30.3 Å². The number of hydrogen-bond acceptors (Lipinski definition) is 3. The van der Waals surface area contributed by atoms with Crippen molar-refractivity contribution in [2.75, 3.05) is 5.32 Å². The molecule has 0 saturated heterocycles. The van der Waals surface area contributed by atoms with Gasteiger partial charge in [0.25, 0.3) is 0 Å². The highest BCUT2D eigenvalue weighted by atomic mass is 79.9. The number of nitrogens with two attached hydrogens (primary N) is 1. The first-order chi connectivity index (χ1) is 8.66. The van der Waals surface area contributed by atoms with E-state index >= 15 is 0 Å². The Morgan fingerprint density at radius 3 is 2.56 bits per heavy atom. The third-order valence-corrected chi connectivity index (χ3v) is 2.89. The van der Waals surface area contributed by atoms with Crippen molar-refractivity contribution in [2.45, 2.75) is 6.04 Å². The largest absolute Gasteiger partial charge is 0.316 e. The van der Waals surface area contributed by atoms with Crippen LogP contribution in [0.3, 0.4) is 0 Å². The second-order valence-corrected chi connectivity index (χ2v) is 4.65. The lowest BCUT2D eigenvalue weighted by Crippen LogP contribution is -2.27. The van der Waals surface area contributed by atoms with Crippen molar-refractivity contribution in [1.82, 2.24) is 4.98 Å². The van der Waals surface area contributed by atoms with Crippen LogP contribution in [0.4, 0.5) is 5.82 Å². The van der Waals surface area contributed by atoms with Crippen LogP contribution in [0.15, 0.2) is 53.1 Å². The molecule has 4 nitrogen and oxygen atoms in total. The lowest BCUT2D eigenvalue weighted by molar-refractivity contribution is -0.117. The number of amides is 1. The molecule has 0 aliphatic carbocycles. The molecule has 1 atom stereocenters. The van der Waals surface area contributed by atoms with Crippen LogP contribution in [0, 0.1) is 0 Å². The van der Waals surface area contributed by atoms with Gasteiger partial charge < -0.3 is 11.1 Å². The van der Waals surface area contributed by atoms with E-state index in [0.29, 0.717) is 5.82 Å². The van der Waals surface area contributed by atoms with Gasteiger partial charge in [0.1, 0.15) is 11.9 Å². The number of benzene rings is 1. The Kier molecular flexibility index (Phi) is 4.07. The lowest BCUT2D eigenvalue weighted by Gasteiger charge is -2.11. The van der Waals surface area contributed by atoms with Gasteiger partial charge in [0, 0.05) is 10.7 Å². The summed E-state index contributed by atoms with van der Waals surface area (Å²) in [4.78, 5) is 16.0. The number of nitrogens with one attached hydrogen (secondary N) is 1. The zero-order valence-electron chi connectivity index (χ0n) is 9.51. The average molecular weight is 306 g/mol. The second kappa shape index (κ2) is 5.75. The first-order valence-corrected chi connectivity index (χ1v) is 6.19. The van der Waals surface area contributed by atoms with Gasteiger partial charge in [-0.1, -0.05) is 30.3 Å². The predicted octanol–water partition coefficient (Wildman–Crippen LogP) is 2.48. The fraction of sp³-hybridized carbons (Fsp3) is 0.0769. The summed E-state index contributed by atoms with van der Waals surface area (Å²) in [6.45, 7) is 0. The summed E-state index contributed by atoms with van der Waals surface area (Å²) in [7, 11) is 0. The maximum Gasteiger partial charge on any atom is 0.247 e. The normalized spacial score (nSPS) is 11.9. The summed E-state index contributed by atoms with van der Waals surface area (Å²) in [5.74, 6) is 0.200. The van der Waals surface area contributed by atoms with Gasteiger partial charge in [0.15, 0.2) is 0 Å². The van der Waals surface area contributed by atoms with E-state index in [2.05, 4.69) is 26.2 Å². The molecule has 1 heterocycles. The highest BCUT2D eigenvalue weighted by Crippen LogP contribution is 2.14. The van der Waals surface area contributed by atoms with E-state index in [0.717, 1.165) is 10.0 Å². The Balaban J connectivity index is 2.06. The molecule has 1 amide bonds. The summed E-state index contributed by atoms with van der Waals surface area (Å²) in [6.07, 6.45) is 1.61. The summed E-state index contributed by atoms with van der Waals surface area (Å²) in [5.41, 5.74) is 6.64. The molecule has 0 bridgehead atoms. The van der Waals surface area contributed by atoms with Crippen LogP contribution in [-0.2, 0) is 4.79 Å². The third kappa shape index (κ3) is 3.15. The van der Waals surface area contributed by atoms with Crippen LogP contribution < -0.4 is 11.1 Å².